The second-order valence-corrected chi connectivity index (χ2v) is 6.81. The van der Waals surface area contributed by atoms with Crippen LogP contribution in [0.25, 0.3) is 0 Å². The Morgan fingerprint density at radius 3 is 2.50 bits per heavy atom. The highest BCUT2D eigenvalue weighted by Crippen LogP contribution is 2.22. The van der Waals surface area contributed by atoms with Gasteiger partial charge in [-0.15, -0.1) is 15.7 Å². The van der Waals surface area contributed by atoms with E-state index < -0.39 is 10.0 Å². The van der Waals surface area contributed by atoms with E-state index in [1.54, 1.807) is 35.7 Å². The molecule has 94 valence electrons. The monoisotopic (exact) mass is 319 g/mol. The topological polar surface area (TPSA) is 46.5 Å². The van der Waals surface area contributed by atoms with Crippen LogP contribution in [-0.2, 0) is 10.0 Å². The highest BCUT2D eigenvalue weighted by atomic mass is 35.5. The quantitative estimate of drug-likeness (QED) is 0.808. The number of sulfonamides is 1. The van der Waals surface area contributed by atoms with E-state index in [0.29, 0.717) is 10.6 Å². The molecule has 0 amide bonds. The first-order valence-electron chi connectivity index (χ1n) is 4.79. The van der Waals surface area contributed by atoms with E-state index in [1.165, 1.54) is 6.07 Å². The molecule has 0 spiro atoms. The van der Waals surface area contributed by atoms with Gasteiger partial charge in [-0.25, -0.2) is 0 Å². The summed E-state index contributed by atoms with van der Waals surface area (Å²) >= 11 is 12.9. The standard InChI is InChI=1S/C11H7Cl2NO2S2/c12-9-5-2-1-4-8(9)11(13)14-18(15,16)10-6-3-7-17-10/h1-7H/b14-11+. The molecule has 0 unspecified atom stereocenters. The van der Waals surface area contributed by atoms with E-state index in [1.807, 2.05) is 0 Å². The SMILES string of the molecule is O=S(=O)(/N=C(/Cl)c1ccccc1Cl)c1cccs1. The number of thiophene rings is 1. The molecule has 1 aromatic heterocycles. The molecule has 0 saturated carbocycles. The van der Waals surface area contributed by atoms with Gasteiger partial charge >= 0.3 is 0 Å². The van der Waals surface area contributed by atoms with Crippen molar-refractivity contribution < 1.29 is 8.42 Å². The molecule has 2 aromatic rings. The Morgan fingerprint density at radius 2 is 1.89 bits per heavy atom. The van der Waals surface area contributed by atoms with Crippen molar-refractivity contribution >= 4 is 49.7 Å². The number of halogens is 2. The lowest BCUT2D eigenvalue weighted by Gasteiger charge is -2.01. The van der Waals surface area contributed by atoms with Gasteiger partial charge in [0.15, 0.2) is 5.17 Å². The number of hydrogen-bond acceptors (Lipinski definition) is 3. The predicted molar refractivity (Wildman–Crippen MR) is 75.3 cm³/mol. The molecule has 0 radical (unpaired) electrons. The van der Waals surface area contributed by atoms with Crippen molar-refractivity contribution in [2.24, 2.45) is 4.40 Å². The lowest BCUT2D eigenvalue weighted by Crippen LogP contribution is -2.00. The van der Waals surface area contributed by atoms with E-state index in [9.17, 15) is 8.42 Å². The van der Waals surface area contributed by atoms with E-state index in [-0.39, 0.29) is 9.38 Å². The molecule has 0 saturated heterocycles. The van der Waals surface area contributed by atoms with Crippen LogP contribution < -0.4 is 0 Å². The number of benzene rings is 1. The van der Waals surface area contributed by atoms with Gasteiger partial charge in [-0.3, -0.25) is 0 Å². The van der Waals surface area contributed by atoms with Gasteiger partial charge in [0.2, 0.25) is 0 Å². The van der Waals surface area contributed by atoms with Crippen LogP contribution in [0.3, 0.4) is 0 Å². The molecule has 3 nitrogen and oxygen atoms in total. The summed E-state index contributed by atoms with van der Waals surface area (Å²) in [7, 11) is -3.77. The summed E-state index contributed by atoms with van der Waals surface area (Å²) < 4.78 is 27.5. The highest BCUT2D eigenvalue weighted by molar-refractivity contribution is 7.92. The molecular formula is C11H7Cl2NO2S2. The van der Waals surface area contributed by atoms with Crippen LogP contribution in [0.5, 0.6) is 0 Å². The molecule has 18 heavy (non-hydrogen) atoms. The van der Waals surface area contributed by atoms with Crippen LogP contribution in [0.4, 0.5) is 0 Å². The van der Waals surface area contributed by atoms with Crippen molar-refractivity contribution in [3.63, 3.8) is 0 Å². The third-order valence-corrected chi connectivity index (χ3v) is 5.41. The molecule has 0 aliphatic carbocycles. The smallest absolute Gasteiger partial charge is 0.198 e. The van der Waals surface area contributed by atoms with Crippen LogP contribution in [0, 0.1) is 0 Å². The number of hydrogen-bond donors (Lipinski definition) is 0. The maximum atomic E-state index is 11.9. The second kappa shape index (κ2) is 5.40. The zero-order valence-electron chi connectivity index (χ0n) is 8.88. The summed E-state index contributed by atoms with van der Waals surface area (Å²) in [5.74, 6) is 0. The van der Waals surface area contributed by atoms with Gasteiger partial charge in [0.05, 0.1) is 5.02 Å². The number of rotatable bonds is 3. The minimum atomic E-state index is -3.77. The molecule has 0 bridgehead atoms. The Labute approximate surface area is 119 Å². The second-order valence-electron chi connectivity index (χ2n) is 3.27. The van der Waals surface area contributed by atoms with E-state index in [0.717, 1.165) is 11.3 Å². The summed E-state index contributed by atoms with van der Waals surface area (Å²) in [5, 5.41) is 1.87. The third-order valence-electron chi connectivity index (χ3n) is 2.05. The van der Waals surface area contributed by atoms with Crippen molar-refractivity contribution in [1.82, 2.24) is 0 Å². The Hall–Kier alpha value is -0.880. The minimum absolute atomic E-state index is 0.144. The third kappa shape index (κ3) is 2.92. The van der Waals surface area contributed by atoms with Gasteiger partial charge in [0.1, 0.15) is 4.21 Å². The van der Waals surface area contributed by atoms with Crippen molar-refractivity contribution in [3.8, 4) is 0 Å². The van der Waals surface area contributed by atoms with Crippen molar-refractivity contribution in [2.45, 2.75) is 4.21 Å². The Bertz CT molecular complexity index is 679. The summed E-state index contributed by atoms with van der Waals surface area (Å²) in [5.41, 5.74) is 0.390. The maximum absolute atomic E-state index is 11.9. The summed E-state index contributed by atoms with van der Waals surface area (Å²) in [6.07, 6.45) is 0. The first-order valence-corrected chi connectivity index (χ1v) is 7.87. The molecule has 0 atom stereocenters. The van der Waals surface area contributed by atoms with Crippen molar-refractivity contribution in [2.75, 3.05) is 0 Å². The largest absolute Gasteiger partial charge is 0.293 e. The molecule has 2 rings (SSSR count). The summed E-state index contributed by atoms with van der Waals surface area (Å²) in [6, 6.07) is 9.77. The Kier molecular flexibility index (Phi) is 4.07. The summed E-state index contributed by atoms with van der Waals surface area (Å²) in [4.78, 5) is 0. The predicted octanol–water partition coefficient (Wildman–Crippen LogP) is 3.78. The van der Waals surface area contributed by atoms with E-state index >= 15 is 0 Å². The molecule has 0 N–H and O–H groups in total. The first-order chi connectivity index (χ1) is 8.50. The van der Waals surface area contributed by atoms with Gasteiger partial charge in [0.25, 0.3) is 10.0 Å². The normalized spacial score (nSPS) is 12.7. The fraction of sp³-hybridized carbons (Fsp3) is 0. The first kappa shape index (κ1) is 13.5. The van der Waals surface area contributed by atoms with Crippen LogP contribution >= 0.6 is 34.5 Å². The van der Waals surface area contributed by atoms with Crippen molar-refractivity contribution in [3.05, 3.63) is 52.4 Å². The summed E-state index contributed by atoms with van der Waals surface area (Å²) in [6.45, 7) is 0. The van der Waals surface area contributed by atoms with E-state index in [4.69, 9.17) is 23.2 Å². The van der Waals surface area contributed by atoms with Crippen molar-refractivity contribution in [1.29, 1.82) is 0 Å². The maximum Gasteiger partial charge on any atom is 0.293 e. The number of nitrogens with zero attached hydrogens (tertiary/aromatic N) is 1. The van der Waals surface area contributed by atoms with Crippen LogP contribution in [0.1, 0.15) is 5.56 Å². The molecule has 0 aliphatic heterocycles. The molecule has 0 fully saturated rings. The van der Waals surface area contributed by atoms with Gasteiger partial charge in [-0.2, -0.15) is 8.42 Å². The van der Waals surface area contributed by atoms with Crippen LogP contribution in [-0.4, -0.2) is 13.6 Å². The van der Waals surface area contributed by atoms with Crippen LogP contribution in [0.2, 0.25) is 5.02 Å². The minimum Gasteiger partial charge on any atom is -0.198 e. The Balaban J connectivity index is 2.44. The van der Waals surface area contributed by atoms with Gasteiger partial charge in [-0.1, -0.05) is 47.5 Å². The fourth-order valence-corrected chi connectivity index (χ4v) is 3.81. The zero-order chi connectivity index (χ0) is 13.2. The van der Waals surface area contributed by atoms with Gasteiger partial charge < -0.3 is 0 Å². The average Bonchev–Trinajstić information content (AvgIpc) is 2.82. The molecular weight excluding hydrogens is 313 g/mol. The zero-order valence-corrected chi connectivity index (χ0v) is 12.0. The van der Waals surface area contributed by atoms with E-state index in [2.05, 4.69) is 4.40 Å². The lowest BCUT2D eigenvalue weighted by molar-refractivity contribution is 0.600. The fourth-order valence-electron chi connectivity index (χ4n) is 1.24. The molecule has 1 aromatic carbocycles. The lowest BCUT2D eigenvalue weighted by atomic mass is 10.2. The van der Waals surface area contributed by atoms with Gasteiger partial charge in [-0.05, 0) is 17.5 Å². The average molecular weight is 320 g/mol. The molecule has 0 aliphatic rings. The Morgan fingerprint density at radius 1 is 1.17 bits per heavy atom. The molecule has 1 heterocycles. The molecule has 7 heteroatoms. The highest BCUT2D eigenvalue weighted by Gasteiger charge is 2.16. The van der Waals surface area contributed by atoms with Crippen LogP contribution in [0.15, 0.2) is 50.4 Å². The van der Waals surface area contributed by atoms with Gasteiger partial charge in [0, 0.05) is 5.56 Å².